The van der Waals surface area contributed by atoms with Crippen LogP contribution >= 0.6 is 54.8 Å². The molecule has 0 aliphatic carbocycles. The van der Waals surface area contributed by atoms with Crippen molar-refractivity contribution < 1.29 is 9.53 Å². The van der Waals surface area contributed by atoms with Crippen molar-refractivity contribution in [3.63, 3.8) is 0 Å². The van der Waals surface area contributed by atoms with E-state index in [0.717, 1.165) is 48.8 Å². The number of carbonyl (C=O) groups excluding carboxylic acids is 1. The maximum atomic E-state index is 12.6. The molecule has 0 atom stereocenters. The van der Waals surface area contributed by atoms with Gasteiger partial charge in [0, 0.05) is 27.2 Å². The van der Waals surface area contributed by atoms with Crippen LogP contribution in [-0.2, 0) is 0 Å². The zero-order chi connectivity index (χ0) is 29.0. The molecule has 1 aromatic heterocycles. The van der Waals surface area contributed by atoms with Gasteiger partial charge in [0.15, 0.2) is 5.13 Å². The summed E-state index contributed by atoms with van der Waals surface area (Å²) in [5.74, 6) is 0.473. The van der Waals surface area contributed by atoms with Crippen molar-refractivity contribution in [2.24, 2.45) is 5.10 Å². The molecule has 0 saturated carbocycles. The zero-order valence-electron chi connectivity index (χ0n) is 22.6. The van der Waals surface area contributed by atoms with Gasteiger partial charge in [-0.1, -0.05) is 62.8 Å². The lowest BCUT2D eigenvalue weighted by atomic mass is 10.1. The highest BCUT2D eigenvalue weighted by atomic mass is 79.9. The lowest BCUT2D eigenvalue weighted by molar-refractivity contribution is 0.0955. The number of nitrogens with zero attached hydrogens (tertiary/aromatic N) is 2. The molecule has 1 amide bonds. The topological polar surface area (TPSA) is 75.6 Å². The summed E-state index contributed by atoms with van der Waals surface area (Å²) in [6.45, 7) is 2.90. The van der Waals surface area contributed by atoms with E-state index in [1.165, 1.54) is 43.4 Å². The molecular weight excluding hydrogens is 688 g/mol. The molecule has 3 aromatic carbocycles. The van der Waals surface area contributed by atoms with Crippen LogP contribution in [0.1, 0.15) is 61.4 Å². The lowest BCUT2D eigenvalue weighted by Gasteiger charge is -2.11. The number of hydrogen-bond acceptors (Lipinski definition) is 6. The quantitative estimate of drug-likeness (QED) is 0.0773. The molecule has 0 radical (unpaired) electrons. The van der Waals surface area contributed by atoms with Crippen LogP contribution in [0.25, 0.3) is 11.3 Å². The number of aromatic nitrogens is 1. The summed E-state index contributed by atoms with van der Waals surface area (Å²) in [4.78, 5) is 17.3. The number of ether oxygens (including phenoxy) is 1. The average molecular weight is 719 g/mol. The molecule has 0 aliphatic rings. The number of hydrogen-bond donors (Lipinski definition) is 2. The first-order valence-electron chi connectivity index (χ1n) is 13.5. The van der Waals surface area contributed by atoms with E-state index in [0.29, 0.717) is 17.2 Å². The Hall–Kier alpha value is -2.72. The predicted molar refractivity (Wildman–Crippen MR) is 178 cm³/mol. The van der Waals surface area contributed by atoms with Gasteiger partial charge in [-0.15, -0.1) is 11.3 Å². The smallest absolute Gasteiger partial charge is 0.271 e. The van der Waals surface area contributed by atoms with Crippen molar-refractivity contribution >= 4 is 77.7 Å². The Bertz CT molecular complexity index is 1440. The number of benzene rings is 3. The number of amides is 1. The van der Waals surface area contributed by atoms with Crippen LogP contribution in [0.2, 0.25) is 5.02 Å². The first-order valence-corrected chi connectivity index (χ1v) is 16.3. The first-order chi connectivity index (χ1) is 19.9. The van der Waals surface area contributed by atoms with Crippen LogP contribution in [0.5, 0.6) is 5.75 Å². The lowest BCUT2D eigenvalue weighted by Crippen LogP contribution is -2.17. The Kier molecular flexibility index (Phi) is 12.2. The molecule has 0 aliphatic heterocycles. The summed E-state index contributed by atoms with van der Waals surface area (Å²) < 4.78 is 7.64. The molecule has 2 N–H and O–H groups in total. The van der Waals surface area contributed by atoms with E-state index in [9.17, 15) is 4.79 Å². The van der Waals surface area contributed by atoms with E-state index in [-0.39, 0.29) is 5.91 Å². The standard InChI is InChI=1S/C31H31Br2ClN4O2S/c1-2-3-4-5-6-7-16-40-29-26(32)17-21(18-27(29)33)19-35-38-30(39)23-10-8-22(9-11-23)28-20-41-31(37-28)36-25-14-12-24(34)13-15-25/h8-15,17-20H,2-7,16H2,1H3,(H,36,37)(H,38,39)/b35-19-. The van der Waals surface area contributed by atoms with Gasteiger partial charge < -0.3 is 10.1 Å². The van der Waals surface area contributed by atoms with Gasteiger partial charge in [0.25, 0.3) is 5.91 Å². The number of nitrogens with one attached hydrogen (secondary N) is 2. The van der Waals surface area contributed by atoms with Crippen molar-refractivity contribution in [1.82, 2.24) is 10.4 Å². The molecule has 4 rings (SSSR count). The third kappa shape index (κ3) is 9.67. The van der Waals surface area contributed by atoms with Crippen molar-refractivity contribution in [3.8, 4) is 17.0 Å². The SMILES string of the molecule is CCCCCCCCOc1c(Br)cc(/C=N\NC(=O)c2ccc(-c3csc(Nc4ccc(Cl)cc4)n3)cc2)cc1Br. The van der Waals surface area contributed by atoms with Crippen LogP contribution in [0, 0.1) is 0 Å². The van der Waals surface area contributed by atoms with E-state index in [1.807, 2.05) is 53.9 Å². The fourth-order valence-corrected chi connectivity index (χ4v) is 6.31. The van der Waals surface area contributed by atoms with E-state index in [2.05, 4.69) is 59.6 Å². The Balaban J connectivity index is 1.27. The largest absolute Gasteiger partial charge is 0.491 e. The molecule has 0 fully saturated rings. The summed E-state index contributed by atoms with van der Waals surface area (Å²) >= 11 is 14.6. The summed E-state index contributed by atoms with van der Waals surface area (Å²) in [5.41, 5.74) is 6.57. The summed E-state index contributed by atoms with van der Waals surface area (Å²) in [7, 11) is 0. The number of halogens is 3. The number of thiazole rings is 1. The predicted octanol–water partition coefficient (Wildman–Crippen LogP) is 10.2. The number of carbonyl (C=O) groups is 1. The van der Waals surface area contributed by atoms with Gasteiger partial charge in [-0.05, 0) is 92.4 Å². The van der Waals surface area contributed by atoms with Crippen LogP contribution in [-0.4, -0.2) is 23.7 Å². The Morgan fingerprint density at radius 1 is 1.00 bits per heavy atom. The van der Waals surface area contributed by atoms with Gasteiger partial charge in [-0.2, -0.15) is 5.10 Å². The van der Waals surface area contributed by atoms with Gasteiger partial charge in [0.2, 0.25) is 0 Å². The number of hydrazone groups is 1. The monoisotopic (exact) mass is 716 g/mol. The second-order valence-corrected chi connectivity index (χ2v) is 12.4. The van der Waals surface area contributed by atoms with E-state index < -0.39 is 0 Å². The fourth-order valence-electron chi connectivity index (χ4n) is 3.99. The highest BCUT2D eigenvalue weighted by Gasteiger charge is 2.10. The normalized spacial score (nSPS) is 11.1. The molecule has 6 nitrogen and oxygen atoms in total. The van der Waals surface area contributed by atoms with Gasteiger partial charge in [0.05, 0.1) is 27.5 Å². The molecule has 41 heavy (non-hydrogen) atoms. The highest BCUT2D eigenvalue weighted by molar-refractivity contribution is 9.11. The van der Waals surface area contributed by atoms with Gasteiger partial charge in [-0.25, -0.2) is 10.4 Å². The molecule has 214 valence electrons. The van der Waals surface area contributed by atoms with Gasteiger partial charge in [0.1, 0.15) is 5.75 Å². The van der Waals surface area contributed by atoms with E-state index in [1.54, 1.807) is 18.3 Å². The molecular formula is C31H31Br2ClN4O2S. The summed E-state index contributed by atoms with van der Waals surface area (Å²) in [6, 6.07) is 18.5. The van der Waals surface area contributed by atoms with Crippen molar-refractivity contribution in [2.75, 3.05) is 11.9 Å². The number of unbranched alkanes of at least 4 members (excludes halogenated alkanes) is 5. The summed E-state index contributed by atoms with van der Waals surface area (Å²) in [6.07, 6.45) is 8.90. The third-order valence-corrected chi connectivity index (χ3v) is 8.37. The Morgan fingerprint density at radius 3 is 2.39 bits per heavy atom. The van der Waals surface area contributed by atoms with E-state index >= 15 is 0 Å². The Morgan fingerprint density at radius 2 is 1.68 bits per heavy atom. The van der Waals surface area contributed by atoms with Crippen LogP contribution in [0.15, 0.2) is 80.1 Å². The average Bonchev–Trinajstić information content (AvgIpc) is 3.43. The van der Waals surface area contributed by atoms with Crippen LogP contribution < -0.4 is 15.5 Å². The minimum Gasteiger partial charge on any atom is -0.491 e. The number of rotatable bonds is 14. The number of anilines is 2. The third-order valence-electron chi connectivity index (χ3n) is 6.19. The molecule has 0 unspecified atom stereocenters. The van der Waals surface area contributed by atoms with Crippen molar-refractivity contribution in [3.05, 3.63) is 91.1 Å². The van der Waals surface area contributed by atoms with Crippen molar-refractivity contribution in [2.45, 2.75) is 45.4 Å². The molecule has 0 bridgehead atoms. The van der Waals surface area contributed by atoms with Crippen molar-refractivity contribution in [1.29, 1.82) is 0 Å². The van der Waals surface area contributed by atoms with Gasteiger partial charge in [-0.3, -0.25) is 4.79 Å². The second kappa shape index (κ2) is 16.1. The fraction of sp³-hybridized carbons (Fsp3) is 0.258. The molecule has 10 heteroatoms. The maximum Gasteiger partial charge on any atom is 0.271 e. The minimum absolute atomic E-state index is 0.298. The van der Waals surface area contributed by atoms with Crippen LogP contribution in [0.3, 0.4) is 0 Å². The van der Waals surface area contributed by atoms with Crippen LogP contribution in [0.4, 0.5) is 10.8 Å². The van der Waals surface area contributed by atoms with E-state index in [4.69, 9.17) is 16.3 Å². The summed E-state index contributed by atoms with van der Waals surface area (Å²) in [5, 5.41) is 10.8. The second-order valence-electron chi connectivity index (χ2n) is 9.38. The zero-order valence-corrected chi connectivity index (χ0v) is 27.4. The molecule has 0 spiro atoms. The highest BCUT2D eigenvalue weighted by Crippen LogP contribution is 2.34. The maximum absolute atomic E-state index is 12.6. The molecule has 0 saturated heterocycles. The minimum atomic E-state index is -0.298. The Labute approximate surface area is 266 Å². The molecule has 4 aromatic rings. The first kappa shape index (κ1) is 31.2. The van der Waals surface area contributed by atoms with Gasteiger partial charge >= 0.3 is 0 Å². The molecule has 1 heterocycles.